The van der Waals surface area contributed by atoms with Crippen LogP contribution in [-0.2, 0) is 0 Å². The van der Waals surface area contributed by atoms with Crippen LogP contribution in [0.25, 0.3) is 0 Å². The van der Waals surface area contributed by atoms with Gasteiger partial charge in [0.25, 0.3) is 5.91 Å². The van der Waals surface area contributed by atoms with Gasteiger partial charge in [0.15, 0.2) is 11.5 Å². The van der Waals surface area contributed by atoms with Crippen LogP contribution >= 0.6 is 0 Å². The zero-order valence-corrected chi connectivity index (χ0v) is 16.3. The molecule has 1 aromatic carbocycles. The molecular formula is C20H28N4O4. The summed E-state index contributed by atoms with van der Waals surface area (Å²) < 4.78 is 10.6. The van der Waals surface area contributed by atoms with Crippen LogP contribution in [0.15, 0.2) is 18.2 Å². The van der Waals surface area contributed by atoms with E-state index in [1.165, 1.54) is 0 Å². The molecule has 0 spiro atoms. The van der Waals surface area contributed by atoms with Gasteiger partial charge in [0.05, 0.1) is 0 Å². The first-order valence-corrected chi connectivity index (χ1v) is 9.97. The maximum Gasteiger partial charge on any atom is 0.317 e. The Hall–Kier alpha value is -2.48. The minimum atomic E-state index is -0.0411. The molecule has 28 heavy (non-hydrogen) atoms. The summed E-state index contributed by atoms with van der Waals surface area (Å²) in [6.07, 6.45) is 2.15. The lowest BCUT2D eigenvalue weighted by Gasteiger charge is -2.37. The summed E-state index contributed by atoms with van der Waals surface area (Å²) in [5.74, 6) is 1.23. The van der Waals surface area contributed by atoms with Gasteiger partial charge in [-0.2, -0.15) is 0 Å². The molecule has 3 heterocycles. The lowest BCUT2D eigenvalue weighted by Crippen LogP contribution is -2.54. The van der Waals surface area contributed by atoms with Crippen molar-refractivity contribution >= 4 is 11.9 Å². The van der Waals surface area contributed by atoms with Gasteiger partial charge in [-0.15, -0.1) is 0 Å². The molecule has 2 saturated heterocycles. The molecule has 3 aliphatic rings. The third-order valence-corrected chi connectivity index (χ3v) is 5.95. The van der Waals surface area contributed by atoms with Crippen LogP contribution in [0.4, 0.5) is 4.79 Å². The number of urea groups is 1. The fourth-order valence-electron chi connectivity index (χ4n) is 3.93. The Morgan fingerprint density at radius 3 is 2.50 bits per heavy atom. The summed E-state index contributed by atoms with van der Waals surface area (Å²) in [6.45, 7) is 7.28. The van der Waals surface area contributed by atoms with Gasteiger partial charge in [-0.05, 0) is 49.5 Å². The van der Waals surface area contributed by atoms with Crippen molar-refractivity contribution in [3.05, 3.63) is 23.8 Å². The number of benzene rings is 1. The molecule has 0 aliphatic carbocycles. The normalized spacial score (nSPS) is 20.8. The van der Waals surface area contributed by atoms with Crippen LogP contribution < -0.4 is 20.1 Å². The predicted molar refractivity (Wildman–Crippen MR) is 104 cm³/mol. The van der Waals surface area contributed by atoms with Crippen LogP contribution in [-0.4, -0.2) is 74.3 Å². The summed E-state index contributed by atoms with van der Waals surface area (Å²) in [7, 11) is 0. The highest BCUT2D eigenvalue weighted by Gasteiger charge is 2.30. The van der Waals surface area contributed by atoms with E-state index in [1.807, 2.05) is 0 Å². The number of rotatable bonds is 3. The fraction of sp³-hybridized carbons (Fsp3) is 0.600. The first-order chi connectivity index (χ1) is 13.5. The average molecular weight is 388 g/mol. The van der Waals surface area contributed by atoms with Crippen molar-refractivity contribution in [1.82, 2.24) is 20.4 Å². The summed E-state index contributed by atoms with van der Waals surface area (Å²) in [5.41, 5.74) is 0.749. The van der Waals surface area contributed by atoms with Crippen molar-refractivity contribution in [1.29, 1.82) is 0 Å². The number of hydrogen-bond acceptors (Lipinski definition) is 5. The number of carbonyl (C=O) groups excluding carboxylic acids is 2. The Kier molecular flexibility index (Phi) is 5.30. The van der Waals surface area contributed by atoms with Crippen molar-refractivity contribution in [2.24, 2.45) is 5.41 Å². The highest BCUT2D eigenvalue weighted by molar-refractivity contribution is 5.95. The maximum atomic E-state index is 12.8. The lowest BCUT2D eigenvalue weighted by atomic mass is 9.81. The minimum Gasteiger partial charge on any atom is -0.454 e. The lowest BCUT2D eigenvalue weighted by molar-refractivity contribution is 0.0662. The summed E-state index contributed by atoms with van der Waals surface area (Å²) in [6, 6.07) is 5.22. The zero-order chi connectivity index (χ0) is 19.6. The molecular weight excluding hydrogens is 360 g/mol. The number of carbonyl (C=O) groups is 2. The van der Waals surface area contributed by atoms with Gasteiger partial charge >= 0.3 is 6.03 Å². The van der Waals surface area contributed by atoms with Crippen molar-refractivity contribution in [3.8, 4) is 11.5 Å². The third-order valence-electron chi connectivity index (χ3n) is 5.95. The summed E-state index contributed by atoms with van der Waals surface area (Å²) in [5, 5.41) is 6.45. The molecule has 0 atom stereocenters. The molecule has 152 valence electrons. The van der Waals surface area contributed by atoms with Crippen LogP contribution in [0.2, 0.25) is 0 Å². The molecule has 3 aliphatic heterocycles. The zero-order valence-electron chi connectivity index (χ0n) is 16.3. The SMILES string of the molecule is CC1(CNC(=O)N2CCN(C(=O)c3ccc4c(c3)OCO4)CC2)CCNCC1. The first kappa shape index (κ1) is 18.9. The Morgan fingerprint density at radius 1 is 1.07 bits per heavy atom. The third kappa shape index (κ3) is 4.01. The number of hydrogen-bond donors (Lipinski definition) is 2. The second kappa shape index (κ2) is 7.87. The Morgan fingerprint density at radius 2 is 1.75 bits per heavy atom. The van der Waals surface area contributed by atoms with E-state index in [9.17, 15) is 9.59 Å². The second-order valence-corrected chi connectivity index (χ2v) is 8.07. The van der Waals surface area contributed by atoms with Crippen LogP contribution in [0.1, 0.15) is 30.1 Å². The van der Waals surface area contributed by atoms with Crippen molar-refractivity contribution in [3.63, 3.8) is 0 Å². The average Bonchev–Trinajstić information content (AvgIpc) is 3.20. The molecule has 0 unspecified atom stereocenters. The molecule has 3 amide bonds. The number of ether oxygens (including phenoxy) is 2. The topological polar surface area (TPSA) is 83.1 Å². The summed E-state index contributed by atoms with van der Waals surface area (Å²) >= 11 is 0. The van der Waals surface area contributed by atoms with E-state index in [0.717, 1.165) is 25.9 Å². The molecule has 2 fully saturated rings. The van der Waals surface area contributed by atoms with Crippen molar-refractivity contribution in [2.45, 2.75) is 19.8 Å². The van der Waals surface area contributed by atoms with Crippen LogP contribution in [0.3, 0.4) is 0 Å². The van der Waals surface area contributed by atoms with Gasteiger partial charge in [0.2, 0.25) is 6.79 Å². The van der Waals surface area contributed by atoms with E-state index in [0.29, 0.717) is 49.8 Å². The number of piperidine rings is 1. The highest BCUT2D eigenvalue weighted by Crippen LogP contribution is 2.33. The standard InChI is InChI=1S/C20H28N4O4/c1-20(4-6-21-7-5-20)13-22-19(26)24-10-8-23(9-11-24)18(25)15-2-3-16-17(12-15)28-14-27-16/h2-3,12,21H,4-11,13-14H2,1H3,(H,22,26). The van der Waals surface area contributed by atoms with E-state index in [4.69, 9.17) is 9.47 Å². The molecule has 0 saturated carbocycles. The monoisotopic (exact) mass is 388 g/mol. The van der Waals surface area contributed by atoms with E-state index in [-0.39, 0.29) is 24.1 Å². The molecule has 4 rings (SSSR count). The van der Waals surface area contributed by atoms with E-state index in [1.54, 1.807) is 28.0 Å². The predicted octanol–water partition coefficient (Wildman–Crippen LogP) is 1.27. The Labute approximate surface area is 165 Å². The molecule has 8 nitrogen and oxygen atoms in total. The fourth-order valence-corrected chi connectivity index (χ4v) is 3.93. The number of nitrogens with one attached hydrogen (secondary N) is 2. The number of amides is 3. The Bertz CT molecular complexity index is 740. The summed E-state index contributed by atoms with van der Waals surface area (Å²) in [4.78, 5) is 28.9. The number of nitrogens with zero attached hydrogens (tertiary/aromatic N) is 2. The molecule has 0 aromatic heterocycles. The van der Waals surface area contributed by atoms with E-state index in [2.05, 4.69) is 17.6 Å². The van der Waals surface area contributed by atoms with Crippen molar-refractivity contribution in [2.75, 3.05) is 52.6 Å². The molecule has 8 heteroatoms. The van der Waals surface area contributed by atoms with E-state index >= 15 is 0 Å². The smallest absolute Gasteiger partial charge is 0.317 e. The molecule has 0 radical (unpaired) electrons. The van der Waals surface area contributed by atoms with Gasteiger partial charge in [0, 0.05) is 38.3 Å². The quantitative estimate of drug-likeness (QED) is 0.815. The van der Waals surface area contributed by atoms with Gasteiger partial charge in [-0.25, -0.2) is 4.79 Å². The van der Waals surface area contributed by atoms with Crippen LogP contribution in [0.5, 0.6) is 11.5 Å². The van der Waals surface area contributed by atoms with Gasteiger partial charge in [-0.1, -0.05) is 6.92 Å². The maximum absolute atomic E-state index is 12.8. The molecule has 0 bridgehead atoms. The number of piperazine rings is 1. The van der Waals surface area contributed by atoms with Crippen molar-refractivity contribution < 1.29 is 19.1 Å². The second-order valence-electron chi connectivity index (χ2n) is 8.07. The number of fused-ring (bicyclic) bond motifs is 1. The highest BCUT2D eigenvalue weighted by atomic mass is 16.7. The minimum absolute atomic E-state index is 0.0325. The van der Waals surface area contributed by atoms with Gasteiger partial charge in [0.1, 0.15) is 0 Å². The Balaban J connectivity index is 1.27. The molecule has 2 N–H and O–H groups in total. The van der Waals surface area contributed by atoms with E-state index < -0.39 is 0 Å². The first-order valence-electron chi connectivity index (χ1n) is 9.97. The van der Waals surface area contributed by atoms with Crippen LogP contribution in [0, 0.1) is 5.41 Å². The largest absolute Gasteiger partial charge is 0.454 e. The molecule has 1 aromatic rings. The van der Waals surface area contributed by atoms with Gasteiger partial charge in [-0.3, -0.25) is 4.79 Å². The van der Waals surface area contributed by atoms with Gasteiger partial charge < -0.3 is 29.9 Å².